The van der Waals surface area contributed by atoms with Crippen LogP contribution in [0.2, 0.25) is 0 Å². The van der Waals surface area contributed by atoms with E-state index in [1.807, 2.05) is 42.5 Å². The van der Waals surface area contributed by atoms with Crippen molar-refractivity contribution in [3.05, 3.63) is 89.5 Å². The molecule has 3 N–H and O–H groups in total. The smallest absolute Gasteiger partial charge is 0.393 e. The van der Waals surface area contributed by atoms with Crippen LogP contribution in [0.5, 0.6) is 0 Å². The van der Waals surface area contributed by atoms with Gasteiger partial charge in [-0.15, -0.1) is 11.8 Å². The molecule has 5 aliphatic rings. The van der Waals surface area contributed by atoms with Crippen molar-refractivity contribution < 1.29 is 31.5 Å². The van der Waals surface area contributed by atoms with Crippen LogP contribution < -0.4 is 14.9 Å². The molecular formula is C48H62F3N5O4S3. The first kappa shape index (κ1) is 46.3. The molecule has 0 spiro atoms. The quantitative estimate of drug-likeness (QED) is 0.0732. The standard InChI is InChI=1S/C48H62F3N5O4S3/c1-46(2)19-15-40(41-29-47(3)30-42(41)47)34(28-46)31-55-23-25-56(26-24-55)36-11-9-33(10-12-36)45(58)53-62-39-13-14-43(44(27-39)63(59,60)48(49,50)51)52-35(32-61-38-7-5-4-6-8-38)16-20-54-21-17-37(57)18-22-54/h4-14,27,35,37,41-42,52,57H,15-26,28-32H2,1-3H3,(H,53,58)/t35-,41+,42?,47?/m1/s1. The van der Waals surface area contributed by atoms with Crippen LogP contribution in [0.15, 0.2) is 98.6 Å². The summed E-state index contributed by atoms with van der Waals surface area (Å²) in [6, 6.07) is 20.4. The Hall–Kier alpha value is -3.21. The van der Waals surface area contributed by atoms with Gasteiger partial charge in [-0.05, 0) is 141 Å². The molecule has 15 heteroatoms. The number of halogens is 3. The molecule has 4 fully saturated rings. The van der Waals surface area contributed by atoms with Gasteiger partial charge in [0.05, 0.1) is 11.8 Å². The number of piperidine rings is 1. The molecule has 2 heterocycles. The van der Waals surface area contributed by atoms with E-state index in [1.54, 1.807) is 23.3 Å². The van der Waals surface area contributed by atoms with Crippen LogP contribution in [0.3, 0.4) is 0 Å². The first-order valence-electron chi connectivity index (χ1n) is 22.5. The topological polar surface area (TPSA) is 105 Å². The highest BCUT2D eigenvalue weighted by Gasteiger charge is 2.64. The normalized spacial score (nSPS) is 25.0. The number of hydrogen-bond donors (Lipinski definition) is 3. The average Bonchev–Trinajstić information content (AvgIpc) is 3.81. The van der Waals surface area contributed by atoms with Gasteiger partial charge in [-0.3, -0.25) is 14.4 Å². The van der Waals surface area contributed by atoms with Crippen molar-refractivity contribution in [1.82, 2.24) is 14.5 Å². The van der Waals surface area contributed by atoms with Crippen molar-refractivity contribution in [2.24, 2.45) is 22.7 Å². The van der Waals surface area contributed by atoms with E-state index in [0.29, 0.717) is 61.0 Å². The molecule has 9 nitrogen and oxygen atoms in total. The molecule has 8 rings (SSSR count). The van der Waals surface area contributed by atoms with Crippen LogP contribution in [-0.4, -0.2) is 105 Å². The maximum absolute atomic E-state index is 14.1. The maximum atomic E-state index is 14.1. The Labute approximate surface area is 380 Å². The fraction of sp³-hybridized carbons (Fsp3) is 0.562. The van der Waals surface area contributed by atoms with Gasteiger partial charge >= 0.3 is 5.51 Å². The Balaban J connectivity index is 0.883. The van der Waals surface area contributed by atoms with Crippen LogP contribution in [0, 0.1) is 22.7 Å². The fourth-order valence-electron chi connectivity index (χ4n) is 10.3. The third kappa shape index (κ3) is 11.1. The van der Waals surface area contributed by atoms with Gasteiger partial charge in [-0.1, -0.05) is 50.1 Å². The SMILES string of the molecule is CC1(C)CCC([C@@H]2CC3(C)CC23)=C(CN2CCN(c3ccc(C(=O)NSc4ccc(N[C@H](CCN5CCC(O)CC5)CSc5ccccc5)c(S(=O)(=O)C(F)(F)F)c4)cc3)CC2)C1. The highest BCUT2D eigenvalue weighted by molar-refractivity contribution is 7.99. The third-order valence-electron chi connectivity index (χ3n) is 14.3. The number of carbonyl (C=O) groups is 1. The highest BCUT2D eigenvalue weighted by atomic mass is 32.2. The zero-order chi connectivity index (χ0) is 44.6. The molecule has 3 aliphatic carbocycles. The van der Waals surface area contributed by atoms with Crippen LogP contribution in [0.1, 0.15) is 82.5 Å². The lowest BCUT2D eigenvalue weighted by molar-refractivity contribution is -0.0435. The van der Waals surface area contributed by atoms with E-state index in [1.165, 1.54) is 56.0 Å². The molecule has 2 saturated carbocycles. The van der Waals surface area contributed by atoms with Crippen molar-refractivity contribution in [3.8, 4) is 0 Å². The average molecular weight is 926 g/mol. The van der Waals surface area contributed by atoms with Crippen LogP contribution in [0.25, 0.3) is 0 Å². The molecule has 4 atom stereocenters. The Morgan fingerprint density at radius 1 is 0.905 bits per heavy atom. The van der Waals surface area contributed by atoms with Crippen molar-refractivity contribution in [1.29, 1.82) is 0 Å². The summed E-state index contributed by atoms with van der Waals surface area (Å²) in [5.41, 5.74) is 0.197. The first-order valence-corrected chi connectivity index (χ1v) is 25.8. The third-order valence-corrected chi connectivity index (χ3v) is 17.7. The lowest BCUT2D eigenvalue weighted by Gasteiger charge is -2.43. The number of aliphatic hydroxyl groups is 1. The summed E-state index contributed by atoms with van der Waals surface area (Å²) >= 11 is 2.31. The van der Waals surface area contributed by atoms with Crippen LogP contribution in [-0.2, 0) is 9.84 Å². The van der Waals surface area contributed by atoms with Gasteiger partial charge in [-0.25, -0.2) is 8.42 Å². The molecule has 0 radical (unpaired) electrons. The Morgan fingerprint density at radius 2 is 1.62 bits per heavy atom. The van der Waals surface area contributed by atoms with E-state index in [9.17, 15) is 31.5 Å². The first-order chi connectivity index (χ1) is 30.0. The second-order valence-corrected chi connectivity index (χ2v) is 23.4. The molecule has 342 valence electrons. The molecule has 63 heavy (non-hydrogen) atoms. The molecule has 0 bridgehead atoms. The van der Waals surface area contributed by atoms with E-state index in [2.05, 4.69) is 45.5 Å². The number of aliphatic hydroxyl groups excluding tert-OH is 1. The predicted molar refractivity (Wildman–Crippen MR) is 248 cm³/mol. The summed E-state index contributed by atoms with van der Waals surface area (Å²) in [7, 11) is -5.76. The fourth-order valence-corrected chi connectivity index (χ4v) is 12.9. The second kappa shape index (κ2) is 18.9. The summed E-state index contributed by atoms with van der Waals surface area (Å²) in [6.45, 7) is 14.1. The summed E-state index contributed by atoms with van der Waals surface area (Å²) in [5, 5.41) is 13.1. The maximum Gasteiger partial charge on any atom is 0.501 e. The number of carbonyl (C=O) groups excluding carboxylic acids is 1. The highest BCUT2D eigenvalue weighted by Crippen LogP contribution is 2.73. The van der Waals surface area contributed by atoms with Gasteiger partial charge < -0.3 is 20.2 Å². The Morgan fingerprint density at radius 3 is 2.27 bits per heavy atom. The molecular weight excluding hydrogens is 864 g/mol. The number of nitrogens with one attached hydrogen (secondary N) is 2. The van der Waals surface area contributed by atoms with E-state index in [-0.39, 0.29) is 22.7 Å². The van der Waals surface area contributed by atoms with Gasteiger partial charge in [0, 0.05) is 85.2 Å². The molecule has 2 unspecified atom stereocenters. The monoisotopic (exact) mass is 925 g/mol. The van der Waals surface area contributed by atoms with E-state index < -0.39 is 26.1 Å². The van der Waals surface area contributed by atoms with E-state index >= 15 is 0 Å². The zero-order valence-corrected chi connectivity index (χ0v) is 39.1. The van der Waals surface area contributed by atoms with Gasteiger partial charge in [0.1, 0.15) is 4.90 Å². The summed E-state index contributed by atoms with van der Waals surface area (Å²) in [5.74, 6) is 1.76. The predicted octanol–water partition coefficient (Wildman–Crippen LogP) is 9.51. The van der Waals surface area contributed by atoms with Crippen molar-refractivity contribution in [2.45, 2.75) is 104 Å². The number of rotatable bonds is 16. The van der Waals surface area contributed by atoms with E-state index in [0.717, 1.165) is 73.2 Å². The zero-order valence-electron chi connectivity index (χ0n) is 36.6. The summed E-state index contributed by atoms with van der Waals surface area (Å²) in [6.07, 6.45) is 8.04. The molecule has 2 saturated heterocycles. The number of anilines is 2. The van der Waals surface area contributed by atoms with Gasteiger partial charge in [-0.2, -0.15) is 13.2 Å². The minimum Gasteiger partial charge on any atom is -0.393 e. The van der Waals surface area contributed by atoms with Crippen LogP contribution in [0.4, 0.5) is 24.5 Å². The molecule has 3 aromatic rings. The van der Waals surface area contributed by atoms with Crippen molar-refractivity contribution in [2.75, 3.05) is 68.3 Å². The number of alkyl halides is 3. The number of benzene rings is 3. The Bertz CT molecular complexity index is 2230. The van der Waals surface area contributed by atoms with Crippen molar-refractivity contribution >= 4 is 50.8 Å². The molecule has 1 amide bonds. The van der Waals surface area contributed by atoms with Gasteiger partial charge in [0.2, 0.25) is 0 Å². The number of sulfone groups is 1. The largest absolute Gasteiger partial charge is 0.501 e. The number of allylic oxidation sites excluding steroid dienone is 1. The minimum atomic E-state index is -5.76. The minimum absolute atomic E-state index is 0.145. The summed E-state index contributed by atoms with van der Waals surface area (Å²) in [4.78, 5) is 20.7. The number of piperazine rings is 1. The Kier molecular flexibility index (Phi) is 13.9. The lowest BCUT2D eigenvalue weighted by Crippen LogP contribution is -2.47. The number of fused-ring (bicyclic) bond motifs is 1. The number of hydrogen-bond acceptors (Lipinski definition) is 10. The lowest BCUT2D eigenvalue weighted by atomic mass is 9.64. The number of nitrogens with zero attached hydrogens (tertiary/aromatic N) is 3. The number of thioether (sulfide) groups is 1. The molecule has 0 aromatic heterocycles. The molecule has 2 aliphatic heterocycles. The molecule has 3 aromatic carbocycles. The number of likely N-dealkylation sites (tertiary alicyclic amines) is 1. The van der Waals surface area contributed by atoms with Gasteiger partial charge in [0.25, 0.3) is 15.7 Å². The number of amides is 1. The second-order valence-electron chi connectivity index (χ2n) is 19.5. The van der Waals surface area contributed by atoms with E-state index in [4.69, 9.17) is 0 Å². The van der Waals surface area contributed by atoms with Crippen LogP contribution >= 0.6 is 23.7 Å². The summed E-state index contributed by atoms with van der Waals surface area (Å²) < 4.78 is 71.2. The van der Waals surface area contributed by atoms with Gasteiger partial charge in [0.15, 0.2) is 0 Å². The van der Waals surface area contributed by atoms with Crippen molar-refractivity contribution in [3.63, 3.8) is 0 Å².